The maximum Gasteiger partial charge on any atom is 0.226 e. The molecule has 0 bridgehead atoms. The fourth-order valence-electron chi connectivity index (χ4n) is 2.99. The van der Waals surface area contributed by atoms with Crippen LogP contribution in [0.3, 0.4) is 0 Å². The molecule has 0 aromatic heterocycles. The molecule has 27 heavy (non-hydrogen) atoms. The summed E-state index contributed by atoms with van der Waals surface area (Å²) in [6.45, 7) is 3.91. The first-order valence-electron chi connectivity index (χ1n) is 8.94. The number of ether oxygens (including phenoxy) is 2. The highest BCUT2D eigenvalue weighted by Crippen LogP contribution is 2.29. The van der Waals surface area contributed by atoms with Gasteiger partial charge in [0.25, 0.3) is 0 Å². The lowest BCUT2D eigenvalue weighted by atomic mass is 10.1. The number of amides is 1. The number of hydrogen-bond donors (Lipinski definition) is 2. The molecular weight excluding hydrogens is 347 g/mol. The minimum Gasteiger partial charge on any atom is -0.497 e. The van der Waals surface area contributed by atoms with Crippen LogP contribution >= 0.6 is 0 Å². The van der Waals surface area contributed by atoms with Gasteiger partial charge in [-0.2, -0.15) is 0 Å². The topological polar surface area (TPSA) is 59.6 Å². The van der Waals surface area contributed by atoms with E-state index < -0.39 is 0 Å². The quantitative estimate of drug-likeness (QED) is 0.701. The number of halogens is 1. The van der Waals surface area contributed by atoms with Crippen molar-refractivity contribution < 1.29 is 18.7 Å². The molecule has 0 saturated heterocycles. The number of methoxy groups -OCH3 is 2. The number of rotatable bonds is 9. The van der Waals surface area contributed by atoms with E-state index in [1.165, 1.54) is 6.07 Å². The summed E-state index contributed by atoms with van der Waals surface area (Å²) in [6, 6.07) is 11.9. The summed E-state index contributed by atoms with van der Waals surface area (Å²) in [6.07, 6.45) is 0.838. The number of carbonyl (C=O) groups excluding carboxylic acids is 1. The van der Waals surface area contributed by atoms with E-state index in [4.69, 9.17) is 9.47 Å². The largest absolute Gasteiger partial charge is 0.497 e. The van der Waals surface area contributed by atoms with Crippen molar-refractivity contribution in [3.8, 4) is 11.5 Å². The summed E-state index contributed by atoms with van der Waals surface area (Å²) in [5.74, 6) is 0.856. The molecule has 0 aliphatic rings. The van der Waals surface area contributed by atoms with Crippen LogP contribution in [-0.4, -0.2) is 32.2 Å². The summed E-state index contributed by atoms with van der Waals surface area (Å²) in [7, 11) is 3.11. The van der Waals surface area contributed by atoms with Gasteiger partial charge in [-0.1, -0.05) is 18.2 Å². The fourth-order valence-corrected chi connectivity index (χ4v) is 2.99. The van der Waals surface area contributed by atoms with E-state index >= 15 is 0 Å². The third-order valence-electron chi connectivity index (χ3n) is 4.23. The van der Waals surface area contributed by atoms with Crippen molar-refractivity contribution in [3.05, 3.63) is 53.8 Å². The number of nitrogens with one attached hydrogen (secondary N) is 2. The van der Waals surface area contributed by atoms with Crippen molar-refractivity contribution in [2.24, 2.45) is 0 Å². The van der Waals surface area contributed by atoms with Gasteiger partial charge >= 0.3 is 0 Å². The number of hydrogen-bond acceptors (Lipinski definition) is 4. The first-order valence-corrected chi connectivity index (χ1v) is 8.94. The molecule has 0 aliphatic carbocycles. The SMILES string of the molecule is COc1ccc(OC)c(NC(=O)CC(C)NC(C)Cc2ccccc2F)c1. The average molecular weight is 374 g/mol. The Balaban J connectivity index is 1.89. The van der Waals surface area contributed by atoms with Gasteiger partial charge in [0.15, 0.2) is 0 Å². The van der Waals surface area contributed by atoms with Gasteiger partial charge in [0.05, 0.1) is 19.9 Å². The Morgan fingerprint density at radius 3 is 2.48 bits per heavy atom. The zero-order valence-corrected chi connectivity index (χ0v) is 16.2. The minimum absolute atomic E-state index is 0.0380. The molecule has 0 saturated carbocycles. The second kappa shape index (κ2) is 9.92. The van der Waals surface area contributed by atoms with Gasteiger partial charge in [-0.15, -0.1) is 0 Å². The van der Waals surface area contributed by atoms with Crippen LogP contribution in [-0.2, 0) is 11.2 Å². The zero-order valence-electron chi connectivity index (χ0n) is 16.2. The van der Waals surface area contributed by atoms with E-state index in [0.29, 0.717) is 29.2 Å². The van der Waals surface area contributed by atoms with Crippen molar-refractivity contribution in [2.45, 2.75) is 38.8 Å². The lowest BCUT2D eigenvalue weighted by Gasteiger charge is -2.20. The van der Waals surface area contributed by atoms with Gasteiger partial charge in [0.2, 0.25) is 5.91 Å². The highest BCUT2D eigenvalue weighted by molar-refractivity contribution is 5.92. The molecule has 5 nitrogen and oxygen atoms in total. The van der Waals surface area contributed by atoms with Crippen molar-refractivity contribution in [1.82, 2.24) is 5.32 Å². The Labute approximate surface area is 159 Å². The molecule has 1 amide bonds. The van der Waals surface area contributed by atoms with Crippen molar-refractivity contribution in [1.29, 1.82) is 0 Å². The molecule has 2 atom stereocenters. The molecule has 6 heteroatoms. The Morgan fingerprint density at radius 2 is 1.81 bits per heavy atom. The molecule has 2 N–H and O–H groups in total. The number of anilines is 1. The van der Waals surface area contributed by atoms with Crippen LogP contribution in [0.25, 0.3) is 0 Å². The molecule has 0 aliphatic heterocycles. The maximum atomic E-state index is 13.8. The number of benzene rings is 2. The normalized spacial score (nSPS) is 12.9. The van der Waals surface area contributed by atoms with Crippen LogP contribution in [0.15, 0.2) is 42.5 Å². The predicted octanol–water partition coefficient (Wildman–Crippen LogP) is 3.78. The molecule has 0 heterocycles. The summed E-state index contributed by atoms with van der Waals surface area (Å²) in [4.78, 5) is 12.4. The summed E-state index contributed by atoms with van der Waals surface area (Å²) < 4.78 is 24.2. The van der Waals surface area contributed by atoms with Gasteiger partial charge in [0, 0.05) is 24.6 Å². The minimum atomic E-state index is -0.207. The maximum absolute atomic E-state index is 13.8. The van der Waals surface area contributed by atoms with Crippen LogP contribution < -0.4 is 20.1 Å². The first kappa shape index (κ1) is 20.7. The molecule has 2 aromatic carbocycles. The summed E-state index contributed by atoms with van der Waals surface area (Å²) in [5, 5.41) is 6.20. The Kier molecular flexibility index (Phi) is 7.61. The van der Waals surface area contributed by atoms with Gasteiger partial charge in [-0.25, -0.2) is 4.39 Å². The molecule has 0 spiro atoms. The van der Waals surface area contributed by atoms with E-state index in [-0.39, 0.29) is 30.2 Å². The molecule has 2 aromatic rings. The summed E-state index contributed by atoms with van der Waals surface area (Å²) >= 11 is 0. The second-order valence-electron chi connectivity index (χ2n) is 6.58. The van der Waals surface area contributed by atoms with Gasteiger partial charge in [-0.3, -0.25) is 4.79 Å². The Bertz CT molecular complexity index is 767. The Morgan fingerprint density at radius 1 is 1.07 bits per heavy atom. The highest BCUT2D eigenvalue weighted by Gasteiger charge is 2.15. The van der Waals surface area contributed by atoms with E-state index in [0.717, 1.165) is 0 Å². The molecular formula is C21H27FN2O3. The third kappa shape index (κ3) is 6.25. The number of carbonyl (C=O) groups is 1. The Hall–Kier alpha value is -2.60. The van der Waals surface area contributed by atoms with Crippen LogP contribution in [0.1, 0.15) is 25.8 Å². The first-order chi connectivity index (χ1) is 12.9. The monoisotopic (exact) mass is 374 g/mol. The third-order valence-corrected chi connectivity index (χ3v) is 4.23. The lowest BCUT2D eigenvalue weighted by Crippen LogP contribution is -2.38. The van der Waals surface area contributed by atoms with Gasteiger partial charge in [0.1, 0.15) is 17.3 Å². The van der Waals surface area contributed by atoms with Gasteiger partial charge < -0.3 is 20.1 Å². The standard InChI is InChI=1S/C21H27FN2O3/c1-14(11-16-7-5-6-8-18(16)22)23-15(2)12-21(25)24-19-13-17(26-3)9-10-20(19)27-4/h5-10,13-15,23H,11-12H2,1-4H3,(H,24,25). The van der Waals surface area contributed by atoms with Crippen molar-refractivity contribution in [3.63, 3.8) is 0 Å². The summed E-state index contributed by atoms with van der Waals surface area (Å²) in [5.41, 5.74) is 1.23. The van der Waals surface area contributed by atoms with Gasteiger partial charge in [-0.05, 0) is 44.0 Å². The van der Waals surface area contributed by atoms with E-state index in [1.54, 1.807) is 44.6 Å². The van der Waals surface area contributed by atoms with Crippen molar-refractivity contribution >= 4 is 11.6 Å². The molecule has 0 radical (unpaired) electrons. The van der Waals surface area contributed by atoms with Crippen LogP contribution in [0.4, 0.5) is 10.1 Å². The van der Waals surface area contributed by atoms with E-state index in [1.807, 2.05) is 19.9 Å². The predicted molar refractivity (Wildman–Crippen MR) is 105 cm³/mol. The van der Waals surface area contributed by atoms with Crippen molar-refractivity contribution in [2.75, 3.05) is 19.5 Å². The fraction of sp³-hybridized carbons (Fsp3) is 0.381. The van der Waals surface area contributed by atoms with E-state index in [9.17, 15) is 9.18 Å². The highest BCUT2D eigenvalue weighted by atomic mass is 19.1. The van der Waals surface area contributed by atoms with Crippen LogP contribution in [0.2, 0.25) is 0 Å². The molecule has 2 rings (SSSR count). The molecule has 0 fully saturated rings. The van der Waals surface area contributed by atoms with Crippen LogP contribution in [0.5, 0.6) is 11.5 Å². The lowest BCUT2D eigenvalue weighted by molar-refractivity contribution is -0.116. The van der Waals surface area contributed by atoms with Crippen LogP contribution in [0, 0.1) is 5.82 Å². The van der Waals surface area contributed by atoms with E-state index in [2.05, 4.69) is 10.6 Å². The molecule has 146 valence electrons. The molecule has 2 unspecified atom stereocenters. The second-order valence-corrected chi connectivity index (χ2v) is 6.58. The smallest absolute Gasteiger partial charge is 0.226 e. The zero-order chi connectivity index (χ0) is 19.8. The average Bonchev–Trinajstić information content (AvgIpc) is 2.63.